The van der Waals surface area contributed by atoms with Crippen LogP contribution in [0.25, 0.3) is 0 Å². The number of methoxy groups -OCH3 is 1. The zero-order valence-electron chi connectivity index (χ0n) is 19.1. The Morgan fingerprint density at radius 3 is 2.42 bits per heavy atom. The maximum absolute atomic E-state index is 12.4. The highest BCUT2D eigenvalue weighted by Gasteiger charge is 2.54. The summed E-state index contributed by atoms with van der Waals surface area (Å²) in [5.74, 6) is 0. The second-order valence-corrected chi connectivity index (χ2v) is 8.43. The molecule has 3 rings (SSSR count). The van der Waals surface area contributed by atoms with Gasteiger partial charge in [-0.05, 0) is 20.8 Å². The smallest absolute Gasteiger partial charge is 0.430 e. The summed E-state index contributed by atoms with van der Waals surface area (Å²) in [7, 11) is 1.38. The quantitative estimate of drug-likeness (QED) is 0.456. The Balaban J connectivity index is 1.85. The third-order valence-corrected chi connectivity index (χ3v) is 4.76. The van der Waals surface area contributed by atoms with E-state index in [2.05, 4.69) is 6.58 Å². The molecule has 2 heterocycles. The summed E-state index contributed by atoms with van der Waals surface area (Å²) in [6, 6.07) is 9.25. The van der Waals surface area contributed by atoms with Crippen LogP contribution in [0.4, 0.5) is 9.59 Å². The van der Waals surface area contributed by atoms with Gasteiger partial charge < -0.3 is 37.9 Å². The van der Waals surface area contributed by atoms with Crippen molar-refractivity contribution in [2.45, 2.75) is 63.4 Å². The molecule has 2 aliphatic heterocycles. The number of fused-ring (bicyclic) bond motifs is 1. The molecular formula is C23H30O10. The van der Waals surface area contributed by atoms with Crippen molar-refractivity contribution in [3.8, 4) is 0 Å². The van der Waals surface area contributed by atoms with Gasteiger partial charge in [0.2, 0.25) is 0 Å². The Kier molecular flexibility index (Phi) is 8.30. The average Bonchev–Trinajstić information content (AvgIpc) is 2.78. The minimum Gasteiger partial charge on any atom is -0.430 e. The molecule has 10 heteroatoms. The van der Waals surface area contributed by atoms with Crippen molar-refractivity contribution >= 4 is 12.3 Å². The van der Waals surface area contributed by atoms with Crippen LogP contribution in [0.1, 0.15) is 32.6 Å². The molecule has 0 bridgehead atoms. The molecule has 0 amide bonds. The summed E-state index contributed by atoms with van der Waals surface area (Å²) in [5, 5.41) is 0. The van der Waals surface area contributed by atoms with E-state index in [4.69, 9.17) is 37.9 Å². The van der Waals surface area contributed by atoms with Crippen molar-refractivity contribution < 1.29 is 47.5 Å². The Morgan fingerprint density at radius 1 is 1.09 bits per heavy atom. The lowest BCUT2D eigenvalue weighted by molar-refractivity contribution is -0.358. The van der Waals surface area contributed by atoms with Crippen LogP contribution in [-0.2, 0) is 37.9 Å². The Hall–Kier alpha value is -2.66. The highest BCUT2D eigenvalue weighted by molar-refractivity contribution is 5.62. The molecule has 6 atom stereocenters. The second kappa shape index (κ2) is 11.0. The van der Waals surface area contributed by atoms with E-state index in [1.807, 2.05) is 30.3 Å². The van der Waals surface area contributed by atoms with Crippen molar-refractivity contribution in [1.29, 1.82) is 0 Å². The summed E-state index contributed by atoms with van der Waals surface area (Å²) in [5.41, 5.74) is -0.0349. The second-order valence-electron chi connectivity index (χ2n) is 8.43. The van der Waals surface area contributed by atoms with Gasteiger partial charge in [-0.15, -0.1) is 0 Å². The fraction of sp³-hybridized carbons (Fsp3) is 0.565. The molecule has 10 nitrogen and oxygen atoms in total. The third-order valence-electron chi connectivity index (χ3n) is 4.76. The minimum atomic E-state index is -1.20. The average molecular weight is 466 g/mol. The van der Waals surface area contributed by atoms with Crippen molar-refractivity contribution in [2.75, 3.05) is 20.3 Å². The molecule has 1 aromatic carbocycles. The summed E-state index contributed by atoms with van der Waals surface area (Å²) in [6.45, 7) is 8.66. The van der Waals surface area contributed by atoms with Crippen LogP contribution in [-0.4, -0.2) is 68.9 Å². The van der Waals surface area contributed by atoms with E-state index in [0.29, 0.717) is 0 Å². The largest absolute Gasteiger partial charge is 0.509 e. The van der Waals surface area contributed by atoms with Crippen molar-refractivity contribution in [3.63, 3.8) is 0 Å². The van der Waals surface area contributed by atoms with Crippen LogP contribution in [0.5, 0.6) is 0 Å². The Bertz CT molecular complexity index is 805. The molecule has 1 unspecified atom stereocenters. The molecule has 2 saturated heterocycles. The van der Waals surface area contributed by atoms with Crippen LogP contribution in [0, 0.1) is 0 Å². The molecule has 2 fully saturated rings. The molecule has 0 N–H and O–H groups in total. The van der Waals surface area contributed by atoms with Crippen molar-refractivity contribution in [1.82, 2.24) is 0 Å². The first kappa shape index (κ1) is 25.0. The Labute approximate surface area is 192 Å². The number of rotatable bonds is 6. The predicted octanol–water partition coefficient (Wildman–Crippen LogP) is 3.50. The Morgan fingerprint density at radius 2 is 1.79 bits per heavy atom. The standard InChI is InChI=1S/C23H30O10/c1-6-12-27-21(24)31-17-16-15(13-28-19(30-16)14-10-8-7-9-11-14)29-20(26-5)18(17)32-22(25)33-23(2,3)4/h6-11,15-20H,1,12-13H2,2-5H3/t15-,16-,17+,18-,19?,20+/m1/s1. The maximum Gasteiger partial charge on any atom is 0.509 e. The predicted molar refractivity (Wildman–Crippen MR) is 113 cm³/mol. The fourth-order valence-electron chi connectivity index (χ4n) is 3.43. The SMILES string of the molecule is C=CCOC(=O)O[C@@H]1[C@@H](OC(=O)OC(C)(C)C)[C@@H](OC)O[C@@H]2COC(c3ccccc3)O[C@@H]12. The van der Waals surface area contributed by atoms with Crippen LogP contribution >= 0.6 is 0 Å². The minimum absolute atomic E-state index is 0.0575. The van der Waals surface area contributed by atoms with Crippen LogP contribution in [0.15, 0.2) is 43.0 Å². The van der Waals surface area contributed by atoms with Gasteiger partial charge in [-0.2, -0.15) is 0 Å². The van der Waals surface area contributed by atoms with Gasteiger partial charge in [0.25, 0.3) is 0 Å². The van der Waals surface area contributed by atoms with Crippen LogP contribution in [0.3, 0.4) is 0 Å². The maximum atomic E-state index is 12.4. The highest BCUT2D eigenvalue weighted by Crippen LogP contribution is 2.37. The van der Waals surface area contributed by atoms with Gasteiger partial charge in [-0.25, -0.2) is 9.59 Å². The van der Waals surface area contributed by atoms with E-state index >= 15 is 0 Å². The zero-order chi connectivity index (χ0) is 24.0. The van der Waals surface area contributed by atoms with Gasteiger partial charge in [0.05, 0.1) is 6.61 Å². The van der Waals surface area contributed by atoms with Gasteiger partial charge in [0.15, 0.2) is 24.8 Å². The van der Waals surface area contributed by atoms with Crippen molar-refractivity contribution in [2.24, 2.45) is 0 Å². The topological polar surface area (TPSA) is 108 Å². The van der Waals surface area contributed by atoms with Gasteiger partial charge in [-0.1, -0.05) is 43.0 Å². The number of carbonyl (C=O) groups is 2. The molecule has 0 saturated carbocycles. The zero-order valence-corrected chi connectivity index (χ0v) is 19.1. The van der Waals surface area contributed by atoms with Crippen LogP contribution in [0.2, 0.25) is 0 Å². The lowest BCUT2D eigenvalue weighted by Gasteiger charge is -2.47. The first-order valence-electron chi connectivity index (χ1n) is 10.6. The monoisotopic (exact) mass is 466 g/mol. The number of benzene rings is 1. The van der Waals surface area contributed by atoms with E-state index in [9.17, 15) is 9.59 Å². The molecule has 0 spiro atoms. The first-order valence-corrected chi connectivity index (χ1v) is 10.6. The molecule has 182 valence electrons. The molecule has 2 aliphatic rings. The first-order chi connectivity index (χ1) is 15.7. The molecule has 0 aromatic heterocycles. The van der Waals surface area contributed by atoms with Crippen molar-refractivity contribution in [3.05, 3.63) is 48.6 Å². The summed E-state index contributed by atoms with van der Waals surface area (Å²) in [4.78, 5) is 24.8. The van der Waals surface area contributed by atoms with E-state index in [1.54, 1.807) is 20.8 Å². The number of hydrogen-bond donors (Lipinski definition) is 0. The van der Waals surface area contributed by atoms with E-state index < -0.39 is 54.9 Å². The van der Waals surface area contributed by atoms with Gasteiger partial charge in [0.1, 0.15) is 24.4 Å². The summed E-state index contributed by atoms with van der Waals surface area (Å²) in [6.07, 6.45) is -6.22. The van der Waals surface area contributed by atoms with E-state index in [1.165, 1.54) is 13.2 Å². The lowest BCUT2D eigenvalue weighted by atomic mass is 9.97. The van der Waals surface area contributed by atoms with Gasteiger partial charge >= 0.3 is 12.3 Å². The fourth-order valence-corrected chi connectivity index (χ4v) is 3.43. The summed E-state index contributed by atoms with van der Waals surface area (Å²) < 4.78 is 44.5. The van der Waals surface area contributed by atoms with E-state index in [-0.39, 0.29) is 13.2 Å². The normalized spacial score (nSPS) is 29.3. The number of ether oxygens (including phenoxy) is 8. The van der Waals surface area contributed by atoms with Gasteiger partial charge in [0, 0.05) is 12.7 Å². The molecule has 0 aliphatic carbocycles. The third kappa shape index (κ3) is 6.67. The molecule has 1 aromatic rings. The molecule has 33 heavy (non-hydrogen) atoms. The van der Waals surface area contributed by atoms with E-state index in [0.717, 1.165) is 5.56 Å². The molecule has 0 radical (unpaired) electrons. The number of carbonyl (C=O) groups excluding carboxylic acids is 2. The van der Waals surface area contributed by atoms with Crippen LogP contribution < -0.4 is 0 Å². The lowest BCUT2D eigenvalue weighted by Crippen LogP contribution is -2.64. The molecular weight excluding hydrogens is 436 g/mol. The van der Waals surface area contributed by atoms with Gasteiger partial charge in [-0.3, -0.25) is 0 Å². The number of hydrogen-bond acceptors (Lipinski definition) is 10. The highest BCUT2D eigenvalue weighted by atomic mass is 16.8. The summed E-state index contributed by atoms with van der Waals surface area (Å²) >= 11 is 0.